The zero-order valence-corrected chi connectivity index (χ0v) is 11.2. The summed E-state index contributed by atoms with van der Waals surface area (Å²) in [5.41, 5.74) is 9.92. The Morgan fingerprint density at radius 2 is 1.95 bits per heavy atom. The maximum absolute atomic E-state index is 12.2. The Hall–Kier alpha value is -2.29. The van der Waals surface area contributed by atoms with E-state index in [4.69, 9.17) is 5.73 Å². The average molecular weight is 254 g/mol. The van der Waals surface area contributed by atoms with E-state index in [0.29, 0.717) is 11.3 Å². The standard InChI is InChI=1S/C16H18N2O/c1-3-12-6-4-5-7-15(12)18-16(19)13-8-11(2)9-14(17)10-13/h4-10H,3,17H2,1-2H3,(H,18,19). The Kier molecular flexibility index (Phi) is 3.85. The maximum atomic E-state index is 12.2. The molecule has 0 fully saturated rings. The lowest BCUT2D eigenvalue weighted by Gasteiger charge is -2.10. The number of rotatable bonds is 3. The van der Waals surface area contributed by atoms with Crippen LogP contribution in [-0.2, 0) is 6.42 Å². The topological polar surface area (TPSA) is 55.1 Å². The summed E-state index contributed by atoms with van der Waals surface area (Å²) in [7, 11) is 0. The van der Waals surface area contributed by atoms with Gasteiger partial charge >= 0.3 is 0 Å². The summed E-state index contributed by atoms with van der Waals surface area (Å²) >= 11 is 0. The van der Waals surface area contributed by atoms with Gasteiger partial charge in [-0.05, 0) is 48.7 Å². The first-order valence-corrected chi connectivity index (χ1v) is 6.36. The molecule has 0 atom stereocenters. The molecule has 98 valence electrons. The molecular weight excluding hydrogens is 236 g/mol. The van der Waals surface area contributed by atoms with Gasteiger partial charge < -0.3 is 11.1 Å². The van der Waals surface area contributed by atoms with E-state index in [1.165, 1.54) is 0 Å². The fourth-order valence-electron chi connectivity index (χ4n) is 2.09. The lowest BCUT2D eigenvalue weighted by molar-refractivity contribution is 0.102. The summed E-state index contributed by atoms with van der Waals surface area (Å²) in [6.07, 6.45) is 0.881. The number of carbonyl (C=O) groups is 1. The zero-order chi connectivity index (χ0) is 13.8. The highest BCUT2D eigenvalue weighted by atomic mass is 16.1. The van der Waals surface area contributed by atoms with Crippen LogP contribution in [0.4, 0.5) is 11.4 Å². The summed E-state index contributed by atoms with van der Waals surface area (Å²) in [4.78, 5) is 12.2. The molecule has 0 saturated carbocycles. The first kappa shape index (κ1) is 13.1. The Morgan fingerprint density at radius 3 is 2.63 bits per heavy atom. The molecule has 3 nitrogen and oxygen atoms in total. The van der Waals surface area contributed by atoms with Crippen molar-refractivity contribution in [3.63, 3.8) is 0 Å². The van der Waals surface area contributed by atoms with Crippen molar-refractivity contribution in [2.75, 3.05) is 11.1 Å². The molecule has 19 heavy (non-hydrogen) atoms. The van der Waals surface area contributed by atoms with Crippen LogP contribution in [0.3, 0.4) is 0 Å². The van der Waals surface area contributed by atoms with Gasteiger partial charge in [0.2, 0.25) is 0 Å². The molecule has 3 heteroatoms. The van der Waals surface area contributed by atoms with Gasteiger partial charge in [0.25, 0.3) is 5.91 Å². The van der Waals surface area contributed by atoms with Crippen LogP contribution in [0, 0.1) is 6.92 Å². The van der Waals surface area contributed by atoms with Crippen molar-refractivity contribution >= 4 is 17.3 Å². The van der Waals surface area contributed by atoms with Gasteiger partial charge in [0.05, 0.1) is 0 Å². The third kappa shape index (κ3) is 3.13. The van der Waals surface area contributed by atoms with E-state index >= 15 is 0 Å². The van der Waals surface area contributed by atoms with Crippen LogP contribution in [0.2, 0.25) is 0 Å². The van der Waals surface area contributed by atoms with E-state index in [-0.39, 0.29) is 5.91 Å². The molecule has 0 aliphatic carbocycles. The van der Waals surface area contributed by atoms with Gasteiger partial charge in [-0.3, -0.25) is 4.79 Å². The Morgan fingerprint density at radius 1 is 1.21 bits per heavy atom. The molecule has 2 aromatic carbocycles. The molecular formula is C16H18N2O. The van der Waals surface area contributed by atoms with E-state index in [0.717, 1.165) is 23.2 Å². The Labute approximate surface area is 113 Å². The normalized spacial score (nSPS) is 10.2. The number of nitrogens with two attached hydrogens (primary N) is 1. The number of anilines is 2. The minimum atomic E-state index is -0.128. The highest BCUT2D eigenvalue weighted by Gasteiger charge is 2.09. The number of para-hydroxylation sites is 1. The quantitative estimate of drug-likeness (QED) is 0.825. The van der Waals surface area contributed by atoms with Crippen LogP contribution in [-0.4, -0.2) is 5.91 Å². The molecule has 1 amide bonds. The smallest absolute Gasteiger partial charge is 0.255 e. The highest BCUT2D eigenvalue weighted by Crippen LogP contribution is 2.18. The number of hydrogen-bond donors (Lipinski definition) is 2. The van der Waals surface area contributed by atoms with Crippen molar-refractivity contribution in [1.29, 1.82) is 0 Å². The van der Waals surface area contributed by atoms with Crippen molar-refractivity contribution in [2.45, 2.75) is 20.3 Å². The molecule has 0 radical (unpaired) electrons. The van der Waals surface area contributed by atoms with E-state index in [9.17, 15) is 4.79 Å². The second kappa shape index (κ2) is 5.57. The third-order valence-corrected chi connectivity index (χ3v) is 3.01. The van der Waals surface area contributed by atoms with Gasteiger partial charge in [0, 0.05) is 16.9 Å². The molecule has 3 N–H and O–H groups in total. The summed E-state index contributed by atoms with van der Waals surface area (Å²) in [5, 5.41) is 2.94. The van der Waals surface area contributed by atoms with E-state index in [2.05, 4.69) is 12.2 Å². The number of nitrogen functional groups attached to an aromatic ring is 1. The molecule has 0 aliphatic heterocycles. The van der Waals surface area contributed by atoms with Crippen molar-refractivity contribution in [2.24, 2.45) is 0 Å². The zero-order valence-electron chi connectivity index (χ0n) is 11.2. The summed E-state index contributed by atoms with van der Waals surface area (Å²) < 4.78 is 0. The largest absolute Gasteiger partial charge is 0.399 e. The van der Waals surface area contributed by atoms with Crippen LogP contribution in [0.1, 0.15) is 28.4 Å². The van der Waals surface area contributed by atoms with Gasteiger partial charge in [-0.2, -0.15) is 0 Å². The van der Waals surface area contributed by atoms with Gasteiger partial charge in [-0.15, -0.1) is 0 Å². The predicted molar refractivity (Wildman–Crippen MR) is 79.4 cm³/mol. The SMILES string of the molecule is CCc1ccccc1NC(=O)c1cc(C)cc(N)c1. The first-order chi connectivity index (χ1) is 9.10. The van der Waals surface area contributed by atoms with E-state index in [1.54, 1.807) is 6.07 Å². The third-order valence-electron chi connectivity index (χ3n) is 3.01. The number of carbonyl (C=O) groups excluding carboxylic acids is 1. The van der Waals surface area contributed by atoms with Gasteiger partial charge in [-0.1, -0.05) is 25.1 Å². The second-order valence-electron chi connectivity index (χ2n) is 4.60. The summed E-state index contributed by atoms with van der Waals surface area (Å²) in [6.45, 7) is 3.99. The molecule has 0 bridgehead atoms. The van der Waals surface area contributed by atoms with E-state index in [1.807, 2.05) is 43.3 Å². The lowest BCUT2D eigenvalue weighted by Crippen LogP contribution is -2.13. The summed E-state index contributed by atoms with van der Waals surface area (Å²) in [5.74, 6) is -0.128. The van der Waals surface area contributed by atoms with Crippen molar-refractivity contribution in [3.05, 3.63) is 59.2 Å². The van der Waals surface area contributed by atoms with Crippen LogP contribution in [0.5, 0.6) is 0 Å². The number of amides is 1. The van der Waals surface area contributed by atoms with Crippen LogP contribution < -0.4 is 11.1 Å². The fraction of sp³-hybridized carbons (Fsp3) is 0.188. The van der Waals surface area contributed by atoms with E-state index < -0.39 is 0 Å². The lowest BCUT2D eigenvalue weighted by atomic mass is 10.1. The monoisotopic (exact) mass is 254 g/mol. The molecule has 0 heterocycles. The second-order valence-corrected chi connectivity index (χ2v) is 4.60. The highest BCUT2D eigenvalue weighted by molar-refractivity contribution is 6.05. The fourth-order valence-corrected chi connectivity index (χ4v) is 2.09. The molecule has 0 spiro atoms. The minimum absolute atomic E-state index is 0.128. The van der Waals surface area contributed by atoms with Crippen molar-refractivity contribution < 1.29 is 4.79 Å². The Bertz CT molecular complexity index is 585. The predicted octanol–water partition coefficient (Wildman–Crippen LogP) is 3.39. The van der Waals surface area contributed by atoms with Gasteiger partial charge in [-0.25, -0.2) is 0 Å². The van der Waals surface area contributed by atoms with Crippen LogP contribution in [0.15, 0.2) is 42.5 Å². The number of nitrogens with one attached hydrogen (secondary N) is 1. The van der Waals surface area contributed by atoms with Gasteiger partial charge in [0.15, 0.2) is 0 Å². The minimum Gasteiger partial charge on any atom is -0.399 e. The number of benzene rings is 2. The maximum Gasteiger partial charge on any atom is 0.255 e. The van der Waals surface area contributed by atoms with Crippen molar-refractivity contribution in [3.8, 4) is 0 Å². The Balaban J connectivity index is 2.25. The first-order valence-electron chi connectivity index (χ1n) is 6.36. The van der Waals surface area contributed by atoms with Crippen LogP contribution >= 0.6 is 0 Å². The molecule has 0 unspecified atom stereocenters. The summed E-state index contributed by atoms with van der Waals surface area (Å²) in [6, 6.07) is 13.2. The average Bonchev–Trinajstić information content (AvgIpc) is 2.38. The van der Waals surface area contributed by atoms with Gasteiger partial charge in [0.1, 0.15) is 0 Å². The molecule has 0 aliphatic rings. The number of hydrogen-bond acceptors (Lipinski definition) is 2. The molecule has 0 aromatic heterocycles. The van der Waals surface area contributed by atoms with Crippen molar-refractivity contribution in [1.82, 2.24) is 0 Å². The molecule has 2 rings (SSSR count). The molecule has 2 aromatic rings. The number of aryl methyl sites for hydroxylation is 2. The molecule has 0 saturated heterocycles. The van der Waals surface area contributed by atoms with Crippen LogP contribution in [0.25, 0.3) is 0 Å².